The van der Waals surface area contributed by atoms with Gasteiger partial charge in [0.25, 0.3) is 0 Å². The van der Waals surface area contributed by atoms with E-state index in [2.05, 4.69) is 25.5 Å². The molecule has 0 aliphatic rings. The van der Waals surface area contributed by atoms with Crippen molar-refractivity contribution < 1.29 is 0 Å². The predicted octanol–water partition coefficient (Wildman–Crippen LogP) is 1.61. The molecule has 0 aliphatic carbocycles. The third kappa shape index (κ3) is 3.02. The molecule has 15 heavy (non-hydrogen) atoms. The summed E-state index contributed by atoms with van der Waals surface area (Å²) in [6, 6.07) is 0. The van der Waals surface area contributed by atoms with Crippen molar-refractivity contribution in [2.75, 3.05) is 11.9 Å². The summed E-state index contributed by atoms with van der Waals surface area (Å²) in [6.07, 6.45) is 3.47. The zero-order valence-corrected chi connectivity index (χ0v) is 9.34. The number of nitrogens with one attached hydrogen (secondary N) is 2. The molecule has 0 fully saturated rings. The number of H-pyrrole nitrogens is 1. The van der Waals surface area contributed by atoms with Crippen LogP contribution in [0.5, 0.6) is 0 Å². The molecule has 2 heterocycles. The normalized spacial score (nSPS) is 10.5. The van der Waals surface area contributed by atoms with Gasteiger partial charge in [0.05, 0.1) is 5.69 Å². The monoisotopic (exact) mass is 223 g/mol. The standard InChI is InChI=1S/C9H13N5S/c1-7-5-15-9(13-7)10-4-2-3-8-11-6-12-14-8/h5-6H,2-4H2,1H3,(H,10,13)(H,11,12,14). The quantitative estimate of drug-likeness (QED) is 0.756. The van der Waals surface area contributed by atoms with Gasteiger partial charge in [-0.1, -0.05) is 0 Å². The molecular weight excluding hydrogens is 210 g/mol. The second-order valence-corrected chi connectivity index (χ2v) is 4.11. The van der Waals surface area contributed by atoms with Gasteiger partial charge in [-0.2, -0.15) is 5.10 Å². The van der Waals surface area contributed by atoms with Crippen LogP contribution >= 0.6 is 11.3 Å². The van der Waals surface area contributed by atoms with E-state index in [9.17, 15) is 0 Å². The molecule has 2 rings (SSSR count). The second kappa shape index (κ2) is 4.88. The van der Waals surface area contributed by atoms with Crippen molar-refractivity contribution in [3.8, 4) is 0 Å². The molecule has 2 aromatic rings. The molecule has 0 radical (unpaired) electrons. The number of hydrogen-bond acceptors (Lipinski definition) is 5. The van der Waals surface area contributed by atoms with Gasteiger partial charge in [0.2, 0.25) is 0 Å². The Morgan fingerprint density at radius 3 is 3.13 bits per heavy atom. The zero-order chi connectivity index (χ0) is 10.5. The molecule has 2 aromatic heterocycles. The summed E-state index contributed by atoms with van der Waals surface area (Å²) in [5.41, 5.74) is 1.07. The summed E-state index contributed by atoms with van der Waals surface area (Å²) in [6.45, 7) is 2.91. The van der Waals surface area contributed by atoms with Crippen molar-refractivity contribution >= 4 is 16.5 Å². The number of aromatic amines is 1. The van der Waals surface area contributed by atoms with Gasteiger partial charge in [0, 0.05) is 18.3 Å². The summed E-state index contributed by atoms with van der Waals surface area (Å²) < 4.78 is 0. The van der Waals surface area contributed by atoms with Crippen LogP contribution in [0.25, 0.3) is 0 Å². The number of nitrogens with zero attached hydrogens (tertiary/aromatic N) is 3. The smallest absolute Gasteiger partial charge is 0.182 e. The highest BCUT2D eigenvalue weighted by Crippen LogP contribution is 2.13. The van der Waals surface area contributed by atoms with Crippen LogP contribution in [0, 0.1) is 6.92 Å². The van der Waals surface area contributed by atoms with Crippen molar-refractivity contribution in [1.82, 2.24) is 20.2 Å². The number of anilines is 1. The van der Waals surface area contributed by atoms with Gasteiger partial charge in [-0.05, 0) is 13.3 Å². The van der Waals surface area contributed by atoms with Gasteiger partial charge in [-0.25, -0.2) is 9.97 Å². The molecule has 0 spiro atoms. The van der Waals surface area contributed by atoms with E-state index in [-0.39, 0.29) is 0 Å². The van der Waals surface area contributed by atoms with Gasteiger partial charge in [-0.15, -0.1) is 11.3 Å². The van der Waals surface area contributed by atoms with Crippen molar-refractivity contribution in [2.45, 2.75) is 19.8 Å². The van der Waals surface area contributed by atoms with Crippen molar-refractivity contribution in [3.63, 3.8) is 0 Å². The maximum Gasteiger partial charge on any atom is 0.182 e. The van der Waals surface area contributed by atoms with Gasteiger partial charge in [-0.3, -0.25) is 5.10 Å². The highest BCUT2D eigenvalue weighted by molar-refractivity contribution is 7.13. The van der Waals surface area contributed by atoms with Gasteiger partial charge < -0.3 is 5.32 Å². The lowest BCUT2D eigenvalue weighted by molar-refractivity contribution is 0.805. The molecule has 0 unspecified atom stereocenters. The molecule has 0 aromatic carbocycles. The van der Waals surface area contributed by atoms with E-state index in [0.717, 1.165) is 36.0 Å². The third-order valence-corrected chi connectivity index (χ3v) is 2.87. The lowest BCUT2D eigenvalue weighted by atomic mass is 10.3. The zero-order valence-electron chi connectivity index (χ0n) is 8.53. The molecule has 0 amide bonds. The summed E-state index contributed by atoms with van der Waals surface area (Å²) in [7, 11) is 0. The average Bonchev–Trinajstić information content (AvgIpc) is 2.84. The first kappa shape index (κ1) is 10.1. The number of thiazole rings is 1. The van der Waals surface area contributed by atoms with Crippen LogP contribution in [-0.4, -0.2) is 26.7 Å². The fourth-order valence-electron chi connectivity index (χ4n) is 1.24. The SMILES string of the molecule is Cc1csc(NCCCc2ncn[nH]2)n1. The van der Waals surface area contributed by atoms with E-state index in [4.69, 9.17) is 0 Å². The Hall–Kier alpha value is -1.43. The van der Waals surface area contributed by atoms with E-state index in [1.165, 1.54) is 6.33 Å². The Labute approximate surface area is 92.0 Å². The highest BCUT2D eigenvalue weighted by atomic mass is 32.1. The van der Waals surface area contributed by atoms with Crippen LogP contribution in [0.1, 0.15) is 17.9 Å². The molecule has 80 valence electrons. The summed E-state index contributed by atoms with van der Waals surface area (Å²) in [5, 5.41) is 12.9. The first-order chi connectivity index (χ1) is 7.34. The topological polar surface area (TPSA) is 66.5 Å². The number of hydrogen-bond donors (Lipinski definition) is 2. The summed E-state index contributed by atoms with van der Waals surface area (Å²) in [5.74, 6) is 0.937. The van der Waals surface area contributed by atoms with Crippen LogP contribution in [0.4, 0.5) is 5.13 Å². The first-order valence-electron chi connectivity index (χ1n) is 4.85. The number of rotatable bonds is 5. The maximum atomic E-state index is 4.32. The Kier molecular flexibility index (Phi) is 3.29. The highest BCUT2D eigenvalue weighted by Gasteiger charge is 1.98. The van der Waals surface area contributed by atoms with E-state index in [0.29, 0.717) is 0 Å². The minimum Gasteiger partial charge on any atom is -0.362 e. The molecule has 5 nitrogen and oxygen atoms in total. The van der Waals surface area contributed by atoms with Crippen molar-refractivity contribution in [1.29, 1.82) is 0 Å². The summed E-state index contributed by atoms with van der Waals surface area (Å²) >= 11 is 1.64. The van der Waals surface area contributed by atoms with Crippen molar-refractivity contribution in [2.24, 2.45) is 0 Å². The van der Waals surface area contributed by atoms with Gasteiger partial charge in [0.1, 0.15) is 12.2 Å². The Balaban J connectivity index is 1.67. The predicted molar refractivity (Wildman–Crippen MR) is 60.0 cm³/mol. The number of aromatic nitrogens is 4. The minimum absolute atomic E-state index is 0.910. The average molecular weight is 223 g/mol. The Morgan fingerprint density at radius 1 is 1.53 bits per heavy atom. The number of aryl methyl sites for hydroxylation is 2. The lowest BCUT2D eigenvalue weighted by Crippen LogP contribution is -2.03. The van der Waals surface area contributed by atoms with Crippen LogP contribution < -0.4 is 5.32 Å². The van der Waals surface area contributed by atoms with E-state index in [1.807, 2.05) is 12.3 Å². The first-order valence-corrected chi connectivity index (χ1v) is 5.73. The summed E-state index contributed by atoms with van der Waals surface area (Å²) in [4.78, 5) is 8.37. The molecule has 0 aliphatic heterocycles. The van der Waals surface area contributed by atoms with Crippen LogP contribution in [0.15, 0.2) is 11.7 Å². The minimum atomic E-state index is 0.910. The second-order valence-electron chi connectivity index (χ2n) is 3.26. The molecular formula is C9H13N5S. The molecule has 0 saturated heterocycles. The van der Waals surface area contributed by atoms with Crippen LogP contribution in [0.2, 0.25) is 0 Å². The molecule has 6 heteroatoms. The molecule has 0 bridgehead atoms. The van der Waals surface area contributed by atoms with Crippen LogP contribution in [0.3, 0.4) is 0 Å². The van der Waals surface area contributed by atoms with Crippen LogP contribution in [-0.2, 0) is 6.42 Å². The van der Waals surface area contributed by atoms with E-state index >= 15 is 0 Å². The molecule has 0 atom stereocenters. The fraction of sp³-hybridized carbons (Fsp3) is 0.444. The third-order valence-electron chi connectivity index (χ3n) is 1.95. The Bertz CT molecular complexity index is 394. The van der Waals surface area contributed by atoms with Gasteiger partial charge >= 0.3 is 0 Å². The molecule has 0 saturated carbocycles. The van der Waals surface area contributed by atoms with Gasteiger partial charge in [0.15, 0.2) is 5.13 Å². The fourth-order valence-corrected chi connectivity index (χ4v) is 1.95. The van der Waals surface area contributed by atoms with E-state index < -0.39 is 0 Å². The maximum absolute atomic E-state index is 4.32. The van der Waals surface area contributed by atoms with Crippen molar-refractivity contribution in [3.05, 3.63) is 23.2 Å². The Morgan fingerprint density at radius 2 is 2.47 bits per heavy atom. The largest absolute Gasteiger partial charge is 0.362 e. The molecule has 2 N–H and O–H groups in total. The lowest BCUT2D eigenvalue weighted by Gasteiger charge is -2.00. The van der Waals surface area contributed by atoms with E-state index in [1.54, 1.807) is 11.3 Å².